The molecule has 0 radical (unpaired) electrons. The molecule has 0 aromatic carbocycles. The third kappa shape index (κ3) is 10.7. The highest BCUT2D eigenvalue weighted by molar-refractivity contribution is 5.89. The molecule has 0 aliphatic heterocycles. The van der Waals surface area contributed by atoms with Gasteiger partial charge in [0.15, 0.2) is 0 Å². The summed E-state index contributed by atoms with van der Waals surface area (Å²) in [7, 11) is 0. The minimum Gasteiger partial charge on any atom is -0.449 e. The van der Waals surface area contributed by atoms with Crippen LogP contribution in [-0.2, 0) is 4.74 Å². The van der Waals surface area contributed by atoms with Crippen molar-refractivity contribution in [2.75, 3.05) is 6.61 Å². The lowest BCUT2D eigenvalue weighted by molar-refractivity contribution is 0.145. The van der Waals surface area contributed by atoms with Gasteiger partial charge in [-0.2, -0.15) is 0 Å². The Bertz CT molecular complexity index is 195. The fourth-order valence-corrected chi connectivity index (χ4v) is 1.18. The smallest absolute Gasteiger partial charge is 0.415 e. The molecule has 0 spiro atoms. The average molecular weight is 216 g/mol. The summed E-state index contributed by atoms with van der Waals surface area (Å²) in [4.78, 5) is 21.0. The first-order chi connectivity index (χ1) is 7.16. The molecule has 88 valence electrons. The SMILES string of the molecule is CCCCCCCCOC(=O)NC(N)=O. The normalized spacial score (nSPS) is 9.67. The van der Waals surface area contributed by atoms with E-state index in [-0.39, 0.29) is 0 Å². The average Bonchev–Trinajstić information content (AvgIpc) is 2.15. The number of unbranched alkanes of at least 4 members (excludes halogenated alkanes) is 5. The van der Waals surface area contributed by atoms with Crippen LogP contribution < -0.4 is 11.1 Å². The molecule has 3 amide bonds. The van der Waals surface area contributed by atoms with Gasteiger partial charge in [0.05, 0.1) is 6.61 Å². The molecular weight excluding hydrogens is 196 g/mol. The van der Waals surface area contributed by atoms with Crippen molar-refractivity contribution in [2.24, 2.45) is 5.73 Å². The van der Waals surface area contributed by atoms with E-state index in [1.165, 1.54) is 19.3 Å². The van der Waals surface area contributed by atoms with Crippen molar-refractivity contribution in [3.63, 3.8) is 0 Å². The number of nitrogens with one attached hydrogen (secondary N) is 1. The molecule has 0 saturated carbocycles. The number of carbonyl (C=O) groups is 2. The number of alkyl carbamates (subject to hydrolysis) is 1. The Morgan fingerprint density at radius 3 is 2.33 bits per heavy atom. The van der Waals surface area contributed by atoms with Gasteiger partial charge in [-0.05, 0) is 6.42 Å². The zero-order chi connectivity index (χ0) is 11.5. The number of imide groups is 1. The molecule has 15 heavy (non-hydrogen) atoms. The van der Waals surface area contributed by atoms with Crippen LogP contribution in [0, 0.1) is 0 Å². The van der Waals surface area contributed by atoms with E-state index >= 15 is 0 Å². The van der Waals surface area contributed by atoms with Crippen LogP contribution >= 0.6 is 0 Å². The first-order valence-corrected chi connectivity index (χ1v) is 5.40. The quantitative estimate of drug-likeness (QED) is 0.640. The lowest BCUT2D eigenvalue weighted by atomic mass is 10.1. The second-order valence-electron chi connectivity index (χ2n) is 3.39. The van der Waals surface area contributed by atoms with Gasteiger partial charge in [0, 0.05) is 0 Å². The largest absolute Gasteiger partial charge is 0.449 e. The third-order valence-corrected chi connectivity index (χ3v) is 1.96. The maximum atomic E-state index is 10.8. The summed E-state index contributed by atoms with van der Waals surface area (Å²) in [5, 5.41) is 1.83. The van der Waals surface area contributed by atoms with Crippen LogP contribution in [0.15, 0.2) is 0 Å². The van der Waals surface area contributed by atoms with Gasteiger partial charge < -0.3 is 10.5 Å². The fraction of sp³-hybridized carbons (Fsp3) is 0.800. The number of hydrogen-bond acceptors (Lipinski definition) is 3. The first-order valence-electron chi connectivity index (χ1n) is 5.40. The summed E-state index contributed by atoms with van der Waals surface area (Å²) < 4.78 is 4.71. The van der Waals surface area contributed by atoms with Gasteiger partial charge in [0.25, 0.3) is 0 Å². The van der Waals surface area contributed by atoms with Crippen LogP contribution in [-0.4, -0.2) is 18.7 Å². The monoisotopic (exact) mass is 216 g/mol. The van der Waals surface area contributed by atoms with E-state index < -0.39 is 12.1 Å². The lowest BCUT2D eigenvalue weighted by Gasteiger charge is -2.03. The molecular formula is C10H20N2O3. The zero-order valence-corrected chi connectivity index (χ0v) is 9.25. The van der Waals surface area contributed by atoms with Crippen LogP contribution in [0.4, 0.5) is 9.59 Å². The summed E-state index contributed by atoms with van der Waals surface area (Å²) >= 11 is 0. The molecule has 0 bridgehead atoms. The molecule has 0 saturated heterocycles. The molecule has 0 atom stereocenters. The van der Waals surface area contributed by atoms with Crippen molar-refractivity contribution in [1.29, 1.82) is 0 Å². The van der Waals surface area contributed by atoms with Crippen molar-refractivity contribution in [3.05, 3.63) is 0 Å². The van der Waals surface area contributed by atoms with Gasteiger partial charge >= 0.3 is 12.1 Å². The highest BCUT2D eigenvalue weighted by Crippen LogP contribution is 2.04. The Labute approximate surface area is 90.4 Å². The molecule has 0 heterocycles. The maximum Gasteiger partial charge on any atom is 0.415 e. The standard InChI is InChI=1S/C10H20N2O3/c1-2-3-4-5-6-7-8-15-10(14)12-9(11)13/h2-8H2,1H3,(H3,11,12,13,14). The van der Waals surface area contributed by atoms with Crippen LogP contribution in [0.5, 0.6) is 0 Å². The Morgan fingerprint density at radius 1 is 1.13 bits per heavy atom. The van der Waals surface area contributed by atoms with Gasteiger partial charge in [0.2, 0.25) is 0 Å². The maximum absolute atomic E-state index is 10.8. The van der Waals surface area contributed by atoms with E-state index in [0.29, 0.717) is 6.61 Å². The van der Waals surface area contributed by atoms with E-state index in [0.717, 1.165) is 19.3 Å². The Balaban J connectivity index is 3.16. The summed E-state index contributed by atoms with van der Waals surface area (Å²) in [6, 6.07) is -0.886. The number of urea groups is 1. The number of hydrogen-bond donors (Lipinski definition) is 2. The fourth-order valence-electron chi connectivity index (χ4n) is 1.18. The highest BCUT2D eigenvalue weighted by atomic mass is 16.5. The van der Waals surface area contributed by atoms with Crippen molar-refractivity contribution < 1.29 is 14.3 Å². The second kappa shape index (κ2) is 9.30. The van der Waals surface area contributed by atoms with Gasteiger partial charge in [-0.1, -0.05) is 39.0 Å². The third-order valence-electron chi connectivity index (χ3n) is 1.96. The number of nitrogens with two attached hydrogens (primary N) is 1. The van der Waals surface area contributed by atoms with Gasteiger partial charge in [-0.3, -0.25) is 0 Å². The number of ether oxygens (including phenoxy) is 1. The lowest BCUT2D eigenvalue weighted by Crippen LogP contribution is -2.35. The molecule has 3 N–H and O–H groups in total. The Hall–Kier alpha value is -1.26. The number of rotatable bonds is 7. The van der Waals surface area contributed by atoms with Gasteiger partial charge in [-0.15, -0.1) is 0 Å². The molecule has 0 aliphatic carbocycles. The predicted octanol–water partition coefficient (Wildman–Crippen LogP) is 2.15. The number of carbonyl (C=O) groups excluding carboxylic acids is 2. The predicted molar refractivity (Wildman–Crippen MR) is 57.4 cm³/mol. The summed E-state index contributed by atoms with van der Waals surface area (Å²) in [6.07, 6.45) is 5.97. The van der Waals surface area contributed by atoms with Crippen molar-refractivity contribution in [3.8, 4) is 0 Å². The molecule has 0 fully saturated rings. The first kappa shape index (κ1) is 13.7. The van der Waals surface area contributed by atoms with E-state index in [1.807, 2.05) is 5.32 Å². The summed E-state index contributed by atoms with van der Waals surface area (Å²) in [5.41, 5.74) is 4.73. The molecule has 0 rings (SSSR count). The zero-order valence-electron chi connectivity index (χ0n) is 9.25. The minimum absolute atomic E-state index is 0.339. The van der Waals surface area contributed by atoms with Crippen molar-refractivity contribution in [2.45, 2.75) is 45.4 Å². The molecule has 0 unspecified atom stereocenters. The highest BCUT2D eigenvalue weighted by Gasteiger charge is 2.03. The number of primary amides is 1. The minimum atomic E-state index is -0.886. The van der Waals surface area contributed by atoms with E-state index in [2.05, 4.69) is 6.92 Å². The summed E-state index contributed by atoms with van der Waals surface area (Å²) in [6.45, 7) is 2.50. The van der Waals surface area contributed by atoms with Crippen molar-refractivity contribution in [1.82, 2.24) is 5.32 Å². The molecule has 0 aromatic rings. The van der Waals surface area contributed by atoms with E-state index in [9.17, 15) is 9.59 Å². The van der Waals surface area contributed by atoms with E-state index in [1.54, 1.807) is 0 Å². The molecule has 5 heteroatoms. The Morgan fingerprint density at radius 2 is 1.73 bits per heavy atom. The second-order valence-corrected chi connectivity index (χ2v) is 3.39. The molecule has 0 aliphatic rings. The molecule has 5 nitrogen and oxygen atoms in total. The van der Waals surface area contributed by atoms with Gasteiger partial charge in [-0.25, -0.2) is 14.9 Å². The summed E-state index contributed by atoms with van der Waals surface area (Å²) in [5.74, 6) is 0. The van der Waals surface area contributed by atoms with Crippen LogP contribution in [0.2, 0.25) is 0 Å². The molecule has 0 aromatic heterocycles. The van der Waals surface area contributed by atoms with E-state index in [4.69, 9.17) is 10.5 Å². The van der Waals surface area contributed by atoms with Crippen LogP contribution in [0.25, 0.3) is 0 Å². The van der Waals surface area contributed by atoms with Crippen molar-refractivity contribution >= 4 is 12.1 Å². The van der Waals surface area contributed by atoms with Gasteiger partial charge in [0.1, 0.15) is 0 Å². The topological polar surface area (TPSA) is 81.4 Å². The Kier molecular flexibility index (Phi) is 8.52. The number of amides is 3. The van der Waals surface area contributed by atoms with Crippen LogP contribution in [0.3, 0.4) is 0 Å². The van der Waals surface area contributed by atoms with Crippen LogP contribution in [0.1, 0.15) is 45.4 Å².